The van der Waals surface area contributed by atoms with Gasteiger partial charge in [-0.05, 0) is 50.8 Å². The van der Waals surface area contributed by atoms with E-state index in [4.69, 9.17) is 16.3 Å². The Morgan fingerprint density at radius 3 is 3.00 bits per heavy atom. The van der Waals surface area contributed by atoms with E-state index >= 15 is 0 Å². The van der Waals surface area contributed by atoms with Crippen molar-refractivity contribution in [3.63, 3.8) is 0 Å². The molecule has 0 spiro atoms. The zero-order valence-corrected chi connectivity index (χ0v) is 14.4. The van der Waals surface area contributed by atoms with Crippen LogP contribution in [0.4, 0.5) is 0 Å². The van der Waals surface area contributed by atoms with E-state index < -0.39 is 0 Å². The number of benzene rings is 1. The fraction of sp³-hybridized carbons (Fsp3) is 0.647. The first-order valence-corrected chi connectivity index (χ1v) is 9.38. The first-order valence-electron chi connectivity index (χ1n) is 8.02. The van der Waals surface area contributed by atoms with Gasteiger partial charge in [-0.3, -0.25) is 0 Å². The van der Waals surface area contributed by atoms with Crippen LogP contribution in [0.5, 0.6) is 0 Å². The van der Waals surface area contributed by atoms with Crippen LogP contribution in [0.2, 0.25) is 5.02 Å². The fourth-order valence-electron chi connectivity index (χ4n) is 2.75. The second kappa shape index (κ2) is 9.73. The lowest BCUT2D eigenvalue weighted by Gasteiger charge is -2.18. The van der Waals surface area contributed by atoms with Gasteiger partial charge in [-0.25, -0.2) is 0 Å². The molecule has 0 radical (unpaired) electrons. The van der Waals surface area contributed by atoms with Crippen molar-refractivity contribution < 1.29 is 4.74 Å². The van der Waals surface area contributed by atoms with Crippen molar-refractivity contribution in [3.8, 4) is 0 Å². The molecule has 2 unspecified atom stereocenters. The van der Waals surface area contributed by atoms with Crippen LogP contribution >= 0.6 is 23.4 Å². The third-order valence-corrected chi connectivity index (χ3v) is 5.55. The molecule has 0 aliphatic carbocycles. The van der Waals surface area contributed by atoms with Gasteiger partial charge in [-0.2, -0.15) is 0 Å². The molecule has 1 saturated heterocycles. The predicted octanol–water partition coefficient (Wildman–Crippen LogP) is 4.76. The second-order valence-corrected chi connectivity index (χ2v) is 7.03. The van der Waals surface area contributed by atoms with Gasteiger partial charge in [-0.1, -0.05) is 30.7 Å². The second-order valence-electron chi connectivity index (χ2n) is 5.56. The minimum atomic E-state index is 0.517. The van der Waals surface area contributed by atoms with Crippen LogP contribution in [0, 0.1) is 0 Å². The predicted molar refractivity (Wildman–Crippen MR) is 92.5 cm³/mol. The van der Waals surface area contributed by atoms with Crippen molar-refractivity contribution in [1.82, 2.24) is 5.32 Å². The van der Waals surface area contributed by atoms with Crippen molar-refractivity contribution in [3.05, 3.63) is 29.3 Å². The maximum absolute atomic E-state index is 6.22. The third-order valence-electron chi connectivity index (χ3n) is 3.87. The fourth-order valence-corrected chi connectivity index (χ4v) is 4.09. The summed E-state index contributed by atoms with van der Waals surface area (Å²) < 4.78 is 5.70. The van der Waals surface area contributed by atoms with E-state index in [1.807, 2.05) is 30.0 Å². The summed E-state index contributed by atoms with van der Waals surface area (Å²) in [6.45, 7) is 4.16. The van der Waals surface area contributed by atoms with Gasteiger partial charge < -0.3 is 10.1 Å². The average Bonchev–Trinajstić information content (AvgIpc) is 2.99. The van der Waals surface area contributed by atoms with Crippen molar-refractivity contribution in [1.29, 1.82) is 0 Å². The minimum absolute atomic E-state index is 0.517. The molecule has 21 heavy (non-hydrogen) atoms. The zero-order valence-electron chi connectivity index (χ0n) is 12.8. The summed E-state index contributed by atoms with van der Waals surface area (Å²) in [5.74, 6) is 1.07. The smallest absolute Gasteiger partial charge is 0.0576 e. The van der Waals surface area contributed by atoms with Crippen LogP contribution in [-0.2, 0) is 4.74 Å². The van der Waals surface area contributed by atoms with E-state index in [-0.39, 0.29) is 0 Å². The minimum Gasteiger partial charge on any atom is -0.378 e. The van der Waals surface area contributed by atoms with Crippen LogP contribution in [0.3, 0.4) is 0 Å². The zero-order chi connectivity index (χ0) is 14.9. The topological polar surface area (TPSA) is 21.3 Å². The van der Waals surface area contributed by atoms with Gasteiger partial charge in [0.1, 0.15) is 0 Å². The number of hydrogen-bond acceptors (Lipinski definition) is 3. The molecule has 2 atom stereocenters. The lowest BCUT2D eigenvalue weighted by molar-refractivity contribution is 0.101. The van der Waals surface area contributed by atoms with E-state index in [0.717, 1.165) is 23.9 Å². The van der Waals surface area contributed by atoms with Gasteiger partial charge in [0.15, 0.2) is 0 Å². The van der Waals surface area contributed by atoms with E-state index in [1.54, 1.807) is 0 Å². The summed E-state index contributed by atoms with van der Waals surface area (Å²) in [5, 5.41) is 4.45. The van der Waals surface area contributed by atoms with Gasteiger partial charge in [0, 0.05) is 23.3 Å². The standard InChI is InChI=1S/C17H26ClNOS/c1-2-19-14(7-5-8-15-9-6-12-20-15)13-21-17-11-4-3-10-16(17)18/h3-4,10-11,14-15,19H,2,5-9,12-13H2,1H3. The normalized spacial score (nSPS) is 19.8. The molecular formula is C17H26ClNOS. The van der Waals surface area contributed by atoms with Crippen molar-refractivity contribution in [2.24, 2.45) is 0 Å². The molecule has 118 valence electrons. The van der Waals surface area contributed by atoms with Gasteiger partial charge in [-0.15, -0.1) is 11.8 Å². The van der Waals surface area contributed by atoms with Gasteiger partial charge in [0.2, 0.25) is 0 Å². The van der Waals surface area contributed by atoms with Crippen LogP contribution in [0.15, 0.2) is 29.2 Å². The molecule has 1 heterocycles. The molecule has 1 aromatic rings. The summed E-state index contributed by atoms with van der Waals surface area (Å²) in [4.78, 5) is 1.18. The number of halogens is 1. The van der Waals surface area contributed by atoms with Crippen LogP contribution in [0.1, 0.15) is 39.0 Å². The summed E-state index contributed by atoms with van der Waals surface area (Å²) >= 11 is 8.07. The van der Waals surface area contributed by atoms with Crippen molar-refractivity contribution in [2.45, 2.75) is 56.1 Å². The Morgan fingerprint density at radius 2 is 2.29 bits per heavy atom. The molecule has 0 saturated carbocycles. The molecule has 1 fully saturated rings. The monoisotopic (exact) mass is 327 g/mol. The largest absolute Gasteiger partial charge is 0.378 e. The Hall–Kier alpha value is -0.220. The number of hydrogen-bond donors (Lipinski definition) is 1. The summed E-state index contributed by atoms with van der Waals surface area (Å²) in [5.41, 5.74) is 0. The molecule has 0 bridgehead atoms. The maximum atomic E-state index is 6.22. The Labute approximate surface area is 138 Å². The van der Waals surface area contributed by atoms with E-state index in [2.05, 4.69) is 18.3 Å². The number of rotatable bonds is 9. The highest BCUT2D eigenvalue weighted by atomic mass is 35.5. The quantitative estimate of drug-likeness (QED) is 0.661. The number of ether oxygens (including phenoxy) is 1. The van der Waals surface area contributed by atoms with Crippen molar-refractivity contribution in [2.75, 3.05) is 18.9 Å². The highest BCUT2D eigenvalue weighted by molar-refractivity contribution is 7.99. The molecule has 4 heteroatoms. The molecule has 1 aliphatic heterocycles. The third kappa shape index (κ3) is 6.19. The molecule has 1 aromatic carbocycles. The highest BCUT2D eigenvalue weighted by Gasteiger charge is 2.16. The van der Waals surface area contributed by atoms with E-state index in [1.165, 1.54) is 37.0 Å². The van der Waals surface area contributed by atoms with Crippen LogP contribution < -0.4 is 5.32 Å². The molecule has 1 aliphatic rings. The summed E-state index contributed by atoms with van der Waals surface area (Å²) in [7, 11) is 0. The van der Waals surface area contributed by atoms with Gasteiger partial charge in [0.05, 0.1) is 11.1 Å². The Kier molecular flexibility index (Phi) is 7.94. The van der Waals surface area contributed by atoms with Gasteiger partial charge >= 0.3 is 0 Å². The Balaban J connectivity index is 1.71. The first kappa shape index (κ1) is 17.1. The SMILES string of the molecule is CCNC(CCCC1CCCO1)CSc1ccccc1Cl. The summed E-state index contributed by atoms with van der Waals surface area (Å²) in [6.07, 6.45) is 6.67. The highest BCUT2D eigenvalue weighted by Crippen LogP contribution is 2.28. The molecule has 1 N–H and O–H groups in total. The van der Waals surface area contributed by atoms with E-state index in [9.17, 15) is 0 Å². The Morgan fingerprint density at radius 1 is 1.43 bits per heavy atom. The van der Waals surface area contributed by atoms with E-state index in [0.29, 0.717) is 12.1 Å². The van der Waals surface area contributed by atoms with Crippen LogP contribution in [0.25, 0.3) is 0 Å². The molecule has 0 aromatic heterocycles. The van der Waals surface area contributed by atoms with Crippen molar-refractivity contribution >= 4 is 23.4 Å². The summed E-state index contributed by atoms with van der Waals surface area (Å²) in [6, 6.07) is 8.65. The first-order chi connectivity index (χ1) is 10.3. The molecule has 2 nitrogen and oxygen atoms in total. The average molecular weight is 328 g/mol. The molecule has 2 rings (SSSR count). The molecule has 0 amide bonds. The number of thioether (sulfide) groups is 1. The number of nitrogens with one attached hydrogen (secondary N) is 1. The lowest BCUT2D eigenvalue weighted by atomic mass is 10.1. The lowest BCUT2D eigenvalue weighted by Crippen LogP contribution is -2.31. The Bertz CT molecular complexity index is 410. The maximum Gasteiger partial charge on any atom is 0.0576 e. The van der Waals surface area contributed by atoms with Gasteiger partial charge in [0.25, 0.3) is 0 Å². The van der Waals surface area contributed by atoms with Crippen LogP contribution in [-0.4, -0.2) is 31.1 Å². The molecular weight excluding hydrogens is 302 g/mol.